The van der Waals surface area contributed by atoms with E-state index < -0.39 is 0 Å². The van der Waals surface area contributed by atoms with Gasteiger partial charge in [0.1, 0.15) is 0 Å². The van der Waals surface area contributed by atoms with Crippen LogP contribution in [-0.2, 0) is 18.3 Å². The van der Waals surface area contributed by atoms with Crippen LogP contribution in [0.15, 0.2) is 42.0 Å². The summed E-state index contributed by atoms with van der Waals surface area (Å²) in [6.45, 7) is 2.33. The third kappa shape index (κ3) is 1.98. The van der Waals surface area contributed by atoms with E-state index in [0.29, 0.717) is 5.41 Å². The molecule has 2 atom stereocenters. The molecule has 0 saturated heterocycles. The first-order valence-corrected chi connectivity index (χ1v) is 10.0. The number of unbranched alkanes of at least 4 members (excludes halogenated alkanes) is 1. The van der Waals surface area contributed by atoms with E-state index in [1.807, 2.05) is 5.56 Å². The van der Waals surface area contributed by atoms with E-state index in [0.717, 1.165) is 5.92 Å². The van der Waals surface area contributed by atoms with E-state index in [1.165, 1.54) is 63.2 Å². The van der Waals surface area contributed by atoms with Gasteiger partial charge in [-0.25, -0.2) is 0 Å². The third-order valence-corrected chi connectivity index (χ3v) is 7.11. The van der Waals surface area contributed by atoms with Crippen molar-refractivity contribution in [3.8, 4) is 0 Å². The van der Waals surface area contributed by atoms with E-state index in [2.05, 4.69) is 43.3 Å². The molecule has 0 amide bonds. The molecule has 0 heteroatoms. The van der Waals surface area contributed by atoms with Gasteiger partial charge < -0.3 is 0 Å². The molecule has 24 heavy (non-hydrogen) atoms. The minimum absolute atomic E-state index is 0.491. The summed E-state index contributed by atoms with van der Waals surface area (Å²) in [4.78, 5) is 0. The Morgan fingerprint density at radius 1 is 1.21 bits per heavy atom. The van der Waals surface area contributed by atoms with Gasteiger partial charge in [0.2, 0.25) is 0 Å². The Bertz CT molecular complexity index is 825. The highest BCUT2D eigenvalue weighted by Gasteiger charge is 2.50. The van der Waals surface area contributed by atoms with Crippen molar-refractivity contribution in [1.29, 1.82) is 0 Å². The molecule has 1 spiro atoms. The maximum Gasteiger partial charge on any atom is 0.00301 e. The molecule has 0 heterocycles. The lowest BCUT2D eigenvalue weighted by atomic mass is 9.60. The quantitative estimate of drug-likeness (QED) is 0.567. The molecule has 2 bridgehead atoms. The maximum atomic E-state index is 2.55. The summed E-state index contributed by atoms with van der Waals surface area (Å²) < 4.78 is 0. The molecule has 2 aromatic rings. The Balaban J connectivity index is 1.78. The number of aryl methyl sites for hydroxylation is 2. The molecule has 3 aliphatic carbocycles. The lowest BCUT2D eigenvalue weighted by Crippen LogP contribution is -2.36. The highest BCUT2D eigenvalue weighted by molar-refractivity contribution is 5.88. The molecule has 5 rings (SSSR count). The molecule has 124 valence electrons. The average Bonchev–Trinajstić information content (AvgIpc) is 3.20. The zero-order valence-electron chi connectivity index (χ0n) is 14.9. The van der Waals surface area contributed by atoms with Crippen molar-refractivity contribution < 1.29 is 0 Å². The first-order chi connectivity index (χ1) is 11.8. The van der Waals surface area contributed by atoms with E-state index in [9.17, 15) is 0 Å². The van der Waals surface area contributed by atoms with Crippen LogP contribution in [-0.4, -0.2) is 0 Å². The van der Waals surface area contributed by atoms with E-state index in [1.54, 1.807) is 22.1 Å². The number of hydrogen-bond donors (Lipinski definition) is 0. The van der Waals surface area contributed by atoms with Crippen LogP contribution in [0.4, 0.5) is 0 Å². The van der Waals surface area contributed by atoms with Crippen LogP contribution in [0, 0.1) is 5.92 Å². The van der Waals surface area contributed by atoms with Crippen LogP contribution in [0.2, 0.25) is 0 Å². The summed E-state index contributed by atoms with van der Waals surface area (Å²) >= 11 is 0. The zero-order chi connectivity index (χ0) is 16.1. The average molecular weight is 316 g/mol. The van der Waals surface area contributed by atoms with Crippen LogP contribution >= 0.6 is 0 Å². The highest BCUT2D eigenvalue weighted by Crippen LogP contribution is 2.60. The summed E-state index contributed by atoms with van der Waals surface area (Å²) in [7, 11) is 0. The van der Waals surface area contributed by atoms with Gasteiger partial charge in [0, 0.05) is 5.41 Å². The largest absolute Gasteiger partial charge is 0.0850 e. The van der Waals surface area contributed by atoms with Gasteiger partial charge in [0.15, 0.2) is 0 Å². The van der Waals surface area contributed by atoms with Crippen molar-refractivity contribution in [1.82, 2.24) is 0 Å². The van der Waals surface area contributed by atoms with E-state index >= 15 is 0 Å². The standard InChI is InChI=1S/C24H28/c1-2-3-9-22-21-10-5-4-7-18(21)15-19-8-6-13-24(23(19)22)16-17-11-12-20(24)14-17/h4-5,7,10-11,15,20H,2-3,6,8-9,12-14,16H2,1H3. The van der Waals surface area contributed by atoms with Gasteiger partial charge in [-0.1, -0.05) is 55.3 Å². The molecule has 2 unspecified atom stereocenters. The van der Waals surface area contributed by atoms with Gasteiger partial charge in [-0.15, -0.1) is 0 Å². The van der Waals surface area contributed by atoms with Crippen molar-refractivity contribution >= 4 is 10.8 Å². The van der Waals surface area contributed by atoms with Gasteiger partial charge in [0.05, 0.1) is 0 Å². The fourth-order valence-corrected chi connectivity index (χ4v) is 6.13. The minimum atomic E-state index is 0.491. The maximum absolute atomic E-state index is 2.55. The van der Waals surface area contributed by atoms with Gasteiger partial charge >= 0.3 is 0 Å². The van der Waals surface area contributed by atoms with Crippen molar-refractivity contribution in [3.05, 3.63) is 58.7 Å². The monoisotopic (exact) mass is 316 g/mol. The van der Waals surface area contributed by atoms with Gasteiger partial charge in [0.25, 0.3) is 0 Å². The van der Waals surface area contributed by atoms with E-state index in [-0.39, 0.29) is 0 Å². The van der Waals surface area contributed by atoms with Crippen molar-refractivity contribution in [2.24, 2.45) is 5.92 Å². The Morgan fingerprint density at radius 3 is 2.92 bits per heavy atom. The Labute approximate surface area is 146 Å². The summed E-state index contributed by atoms with van der Waals surface area (Å²) in [5.41, 5.74) is 7.48. The van der Waals surface area contributed by atoms with Gasteiger partial charge in [-0.3, -0.25) is 0 Å². The van der Waals surface area contributed by atoms with Crippen LogP contribution in [0.1, 0.15) is 68.6 Å². The van der Waals surface area contributed by atoms with Crippen molar-refractivity contribution in [3.63, 3.8) is 0 Å². The number of fused-ring (bicyclic) bond motifs is 6. The predicted molar refractivity (Wildman–Crippen MR) is 103 cm³/mol. The van der Waals surface area contributed by atoms with E-state index in [4.69, 9.17) is 0 Å². The van der Waals surface area contributed by atoms with Gasteiger partial charge in [-0.05, 0) is 84.7 Å². The zero-order valence-corrected chi connectivity index (χ0v) is 14.9. The summed E-state index contributed by atoms with van der Waals surface area (Å²) in [6.07, 6.45) is 14.7. The minimum Gasteiger partial charge on any atom is -0.0850 e. The predicted octanol–water partition coefficient (Wildman–Crippen LogP) is 6.50. The second kappa shape index (κ2) is 5.48. The molecular weight excluding hydrogens is 288 g/mol. The number of hydrogen-bond acceptors (Lipinski definition) is 0. The van der Waals surface area contributed by atoms with Crippen LogP contribution in [0.25, 0.3) is 10.8 Å². The molecular formula is C24H28. The molecule has 0 radical (unpaired) electrons. The fraction of sp³-hybridized carbons (Fsp3) is 0.500. The summed E-state index contributed by atoms with van der Waals surface area (Å²) in [6, 6.07) is 11.7. The second-order valence-electron chi connectivity index (χ2n) is 8.40. The number of allylic oxidation sites excluding steroid dienone is 2. The normalized spacial score (nSPS) is 27.7. The molecule has 0 nitrogen and oxygen atoms in total. The third-order valence-electron chi connectivity index (χ3n) is 7.11. The Morgan fingerprint density at radius 2 is 2.12 bits per heavy atom. The Hall–Kier alpha value is -1.56. The topological polar surface area (TPSA) is 0 Å². The summed E-state index contributed by atoms with van der Waals surface area (Å²) in [5, 5.41) is 3.02. The van der Waals surface area contributed by atoms with Gasteiger partial charge in [-0.2, -0.15) is 0 Å². The first-order valence-electron chi connectivity index (χ1n) is 10.0. The Kier molecular flexibility index (Phi) is 3.37. The highest BCUT2D eigenvalue weighted by atomic mass is 14.5. The lowest BCUT2D eigenvalue weighted by molar-refractivity contribution is 0.268. The molecule has 0 aromatic heterocycles. The molecule has 2 aromatic carbocycles. The lowest BCUT2D eigenvalue weighted by Gasteiger charge is -2.43. The number of rotatable bonds is 3. The van der Waals surface area contributed by atoms with Crippen LogP contribution in [0.5, 0.6) is 0 Å². The molecule has 3 aliphatic rings. The molecule has 1 saturated carbocycles. The number of benzene rings is 2. The first kappa shape index (κ1) is 14.8. The van der Waals surface area contributed by atoms with Crippen LogP contribution < -0.4 is 0 Å². The fourth-order valence-electron chi connectivity index (χ4n) is 6.13. The SMILES string of the molecule is CCCCc1c2c(cc3ccccc13)CCCC21CC2=CCC1C2. The molecule has 0 aliphatic heterocycles. The molecule has 0 N–H and O–H groups in total. The smallest absolute Gasteiger partial charge is 0.00301 e. The molecule has 1 fully saturated rings. The van der Waals surface area contributed by atoms with Crippen LogP contribution in [0.3, 0.4) is 0 Å². The van der Waals surface area contributed by atoms with Crippen molar-refractivity contribution in [2.75, 3.05) is 0 Å². The van der Waals surface area contributed by atoms with Crippen molar-refractivity contribution in [2.45, 2.75) is 70.1 Å². The summed E-state index contributed by atoms with van der Waals surface area (Å²) in [5.74, 6) is 0.896. The second-order valence-corrected chi connectivity index (χ2v) is 8.40.